The van der Waals surface area contributed by atoms with Crippen LogP contribution in [0.5, 0.6) is 0 Å². The highest BCUT2D eigenvalue weighted by Crippen LogP contribution is 2.21. The van der Waals surface area contributed by atoms with Gasteiger partial charge in [-0.05, 0) is 37.4 Å². The zero-order valence-corrected chi connectivity index (χ0v) is 14.1. The van der Waals surface area contributed by atoms with Gasteiger partial charge in [0.15, 0.2) is 0 Å². The van der Waals surface area contributed by atoms with E-state index < -0.39 is 0 Å². The van der Waals surface area contributed by atoms with Crippen LogP contribution in [0.4, 0.5) is 4.79 Å². The lowest BCUT2D eigenvalue weighted by Crippen LogP contribution is -2.42. The van der Waals surface area contributed by atoms with Crippen molar-refractivity contribution in [1.82, 2.24) is 15.5 Å². The van der Waals surface area contributed by atoms with Crippen LogP contribution in [0.3, 0.4) is 0 Å². The minimum atomic E-state index is -0.100. The summed E-state index contributed by atoms with van der Waals surface area (Å²) in [5, 5.41) is 14.8. The highest BCUT2D eigenvalue weighted by Gasteiger charge is 2.18. The third-order valence-corrected chi connectivity index (χ3v) is 4.60. The van der Waals surface area contributed by atoms with Crippen molar-refractivity contribution < 1.29 is 9.90 Å². The van der Waals surface area contributed by atoms with Gasteiger partial charge in [0.05, 0.1) is 6.61 Å². The maximum absolute atomic E-state index is 11.8. The Bertz CT molecular complexity index is 470. The van der Waals surface area contributed by atoms with Gasteiger partial charge in [-0.1, -0.05) is 37.1 Å². The van der Waals surface area contributed by atoms with Crippen molar-refractivity contribution in [3.8, 4) is 0 Å². The molecule has 0 bridgehead atoms. The molecule has 23 heavy (non-hydrogen) atoms. The Kier molecular flexibility index (Phi) is 7.36. The summed E-state index contributed by atoms with van der Waals surface area (Å²) in [5.74, 6) is 0. The smallest absolute Gasteiger partial charge is 0.314 e. The Morgan fingerprint density at radius 2 is 1.74 bits per heavy atom. The summed E-state index contributed by atoms with van der Waals surface area (Å²) in [6.45, 7) is 2.27. The van der Waals surface area contributed by atoms with Crippen molar-refractivity contribution in [1.29, 1.82) is 0 Å². The van der Waals surface area contributed by atoms with Gasteiger partial charge in [-0.3, -0.25) is 0 Å². The Hall–Kier alpha value is -1.59. The fourth-order valence-corrected chi connectivity index (χ4v) is 3.07. The minimum absolute atomic E-state index is 0.0657. The quantitative estimate of drug-likeness (QED) is 0.686. The predicted molar refractivity (Wildman–Crippen MR) is 92.4 cm³/mol. The lowest BCUT2D eigenvalue weighted by molar-refractivity contribution is 0.228. The molecule has 0 heterocycles. The van der Waals surface area contributed by atoms with Crippen LogP contribution >= 0.6 is 0 Å². The van der Waals surface area contributed by atoms with Crippen molar-refractivity contribution in [2.45, 2.75) is 44.8 Å². The number of carbonyl (C=O) groups is 1. The average Bonchev–Trinajstić information content (AvgIpc) is 3.10. The number of likely N-dealkylation sites (N-methyl/N-ethyl adjacent to an activating group) is 1. The van der Waals surface area contributed by atoms with Crippen LogP contribution in [0.2, 0.25) is 0 Å². The van der Waals surface area contributed by atoms with E-state index in [4.69, 9.17) is 5.11 Å². The molecule has 1 aliphatic rings. The molecule has 1 aromatic rings. The van der Waals surface area contributed by atoms with Crippen LogP contribution in [0.25, 0.3) is 0 Å². The zero-order chi connectivity index (χ0) is 16.5. The molecule has 3 N–H and O–H groups in total. The normalized spacial score (nSPS) is 15.1. The van der Waals surface area contributed by atoms with Gasteiger partial charge in [0.25, 0.3) is 0 Å². The number of rotatable bonds is 8. The number of hydrogen-bond donors (Lipinski definition) is 3. The van der Waals surface area contributed by atoms with Crippen LogP contribution < -0.4 is 10.6 Å². The molecule has 0 atom stereocenters. The van der Waals surface area contributed by atoms with Gasteiger partial charge in [0, 0.05) is 25.7 Å². The summed E-state index contributed by atoms with van der Waals surface area (Å²) in [4.78, 5) is 14.1. The van der Waals surface area contributed by atoms with E-state index >= 15 is 0 Å². The topological polar surface area (TPSA) is 64.6 Å². The van der Waals surface area contributed by atoms with E-state index in [-0.39, 0.29) is 12.6 Å². The number of carbonyl (C=O) groups excluding carboxylic acids is 1. The molecule has 2 amide bonds. The molecule has 1 aromatic carbocycles. The van der Waals surface area contributed by atoms with Crippen LogP contribution in [-0.4, -0.2) is 48.8 Å². The van der Waals surface area contributed by atoms with Crippen LogP contribution in [0.1, 0.15) is 36.8 Å². The number of aliphatic hydroxyl groups excluding tert-OH is 1. The molecule has 0 unspecified atom stereocenters. The average molecular weight is 319 g/mol. The van der Waals surface area contributed by atoms with E-state index in [1.165, 1.54) is 25.7 Å². The molecule has 1 aliphatic carbocycles. The number of benzene rings is 1. The number of nitrogens with one attached hydrogen (secondary N) is 2. The third-order valence-electron chi connectivity index (χ3n) is 4.60. The Labute approximate surface area is 139 Å². The van der Waals surface area contributed by atoms with Crippen molar-refractivity contribution >= 4 is 6.03 Å². The standard InChI is InChI=1S/C18H29N3O2/c1-21(17-4-2-3-5-17)13-12-20-18(23)19-11-10-15-6-8-16(14-22)9-7-15/h6-9,17,22H,2-5,10-14H2,1H3,(H2,19,20,23). The second-order valence-electron chi connectivity index (χ2n) is 6.33. The Balaban J connectivity index is 1.55. The van der Waals surface area contributed by atoms with Gasteiger partial charge < -0.3 is 20.6 Å². The van der Waals surface area contributed by atoms with Gasteiger partial charge in [0.1, 0.15) is 0 Å². The summed E-state index contributed by atoms with van der Waals surface area (Å²) < 4.78 is 0. The number of urea groups is 1. The summed E-state index contributed by atoms with van der Waals surface area (Å²) in [7, 11) is 2.14. The van der Waals surface area contributed by atoms with Crippen molar-refractivity contribution in [2.24, 2.45) is 0 Å². The van der Waals surface area contributed by atoms with Crippen LogP contribution in [0, 0.1) is 0 Å². The molecule has 1 fully saturated rings. The summed E-state index contributed by atoms with van der Waals surface area (Å²) in [6.07, 6.45) is 6.04. The van der Waals surface area contributed by atoms with E-state index in [2.05, 4.69) is 22.6 Å². The first kappa shape index (κ1) is 17.8. The Morgan fingerprint density at radius 1 is 1.13 bits per heavy atom. The molecule has 0 aliphatic heterocycles. The number of aliphatic hydroxyl groups is 1. The SMILES string of the molecule is CN(CCNC(=O)NCCc1ccc(CO)cc1)C1CCCC1. The van der Waals surface area contributed by atoms with E-state index in [1.54, 1.807) is 0 Å². The largest absolute Gasteiger partial charge is 0.392 e. The number of amides is 2. The van der Waals surface area contributed by atoms with Crippen LogP contribution in [-0.2, 0) is 13.0 Å². The first-order chi connectivity index (χ1) is 11.2. The number of hydrogen-bond acceptors (Lipinski definition) is 3. The molecule has 128 valence electrons. The second kappa shape index (κ2) is 9.53. The minimum Gasteiger partial charge on any atom is -0.392 e. The molecule has 0 spiro atoms. The molecule has 5 nitrogen and oxygen atoms in total. The van der Waals surface area contributed by atoms with Gasteiger partial charge >= 0.3 is 6.03 Å². The van der Waals surface area contributed by atoms with Crippen molar-refractivity contribution in [3.05, 3.63) is 35.4 Å². The zero-order valence-electron chi connectivity index (χ0n) is 14.1. The van der Waals surface area contributed by atoms with E-state index in [1.807, 2.05) is 24.3 Å². The van der Waals surface area contributed by atoms with Gasteiger partial charge in [-0.15, -0.1) is 0 Å². The van der Waals surface area contributed by atoms with Crippen molar-refractivity contribution in [2.75, 3.05) is 26.7 Å². The monoisotopic (exact) mass is 319 g/mol. The lowest BCUT2D eigenvalue weighted by atomic mass is 10.1. The molecular weight excluding hydrogens is 290 g/mol. The van der Waals surface area contributed by atoms with Gasteiger partial charge in [-0.25, -0.2) is 4.79 Å². The van der Waals surface area contributed by atoms with Gasteiger partial charge in [0.2, 0.25) is 0 Å². The molecule has 0 saturated heterocycles. The molecule has 0 aromatic heterocycles. The second-order valence-corrected chi connectivity index (χ2v) is 6.33. The highest BCUT2D eigenvalue weighted by atomic mass is 16.3. The van der Waals surface area contributed by atoms with E-state index in [0.29, 0.717) is 19.1 Å². The molecule has 5 heteroatoms. The van der Waals surface area contributed by atoms with Crippen LogP contribution in [0.15, 0.2) is 24.3 Å². The predicted octanol–water partition coefficient (Wildman–Crippen LogP) is 1.89. The summed E-state index contributed by atoms with van der Waals surface area (Å²) in [6, 6.07) is 8.39. The van der Waals surface area contributed by atoms with E-state index in [0.717, 1.165) is 24.1 Å². The Morgan fingerprint density at radius 3 is 2.39 bits per heavy atom. The maximum Gasteiger partial charge on any atom is 0.314 e. The van der Waals surface area contributed by atoms with Gasteiger partial charge in [-0.2, -0.15) is 0 Å². The summed E-state index contributed by atoms with van der Waals surface area (Å²) >= 11 is 0. The highest BCUT2D eigenvalue weighted by molar-refractivity contribution is 5.73. The maximum atomic E-state index is 11.8. The fraction of sp³-hybridized carbons (Fsp3) is 0.611. The third kappa shape index (κ3) is 6.20. The summed E-state index contributed by atoms with van der Waals surface area (Å²) in [5.41, 5.74) is 2.06. The first-order valence-electron chi connectivity index (χ1n) is 8.59. The first-order valence-corrected chi connectivity index (χ1v) is 8.59. The fourth-order valence-electron chi connectivity index (χ4n) is 3.07. The molecule has 1 saturated carbocycles. The molecule has 2 rings (SSSR count). The lowest BCUT2D eigenvalue weighted by Gasteiger charge is -2.23. The van der Waals surface area contributed by atoms with Crippen molar-refractivity contribution in [3.63, 3.8) is 0 Å². The number of nitrogens with zero attached hydrogens (tertiary/aromatic N) is 1. The molecular formula is C18H29N3O2. The molecule has 0 radical (unpaired) electrons. The van der Waals surface area contributed by atoms with E-state index in [9.17, 15) is 4.79 Å².